The molecule has 1 N–H and O–H groups in total. The van der Waals surface area contributed by atoms with Gasteiger partial charge in [0.15, 0.2) is 0 Å². The summed E-state index contributed by atoms with van der Waals surface area (Å²) in [6, 6.07) is 13.3. The average molecular weight is 279 g/mol. The van der Waals surface area contributed by atoms with Crippen LogP contribution in [0.4, 0.5) is 4.39 Å². The van der Waals surface area contributed by atoms with Crippen molar-refractivity contribution in [3.63, 3.8) is 0 Å². The highest BCUT2D eigenvalue weighted by atomic mass is 19.1. The summed E-state index contributed by atoms with van der Waals surface area (Å²) in [4.78, 5) is 14.9. The molecule has 0 radical (unpaired) electrons. The van der Waals surface area contributed by atoms with Crippen molar-refractivity contribution in [2.45, 2.75) is 0 Å². The molecule has 0 aliphatic carbocycles. The molecule has 4 aromatic rings. The van der Waals surface area contributed by atoms with Crippen molar-refractivity contribution in [1.82, 2.24) is 4.98 Å². The van der Waals surface area contributed by atoms with E-state index >= 15 is 0 Å². The summed E-state index contributed by atoms with van der Waals surface area (Å²) in [6.07, 6.45) is 1.82. The first kappa shape index (κ1) is 11.9. The molecule has 2 aromatic carbocycles. The number of aromatic amines is 1. The molecular formula is C17H10FNO2. The van der Waals surface area contributed by atoms with Crippen molar-refractivity contribution in [2.75, 3.05) is 0 Å². The number of hydrogen-bond acceptors (Lipinski definition) is 2. The SMILES string of the molecule is O=c1cc(-c2c[nH]c3ccccc23)c2cc(F)ccc2o1. The van der Waals surface area contributed by atoms with Crippen molar-refractivity contribution in [2.24, 2.45) is 0 Å². The highest BCUT2D eigenvalue weighted by molar-refractivity contribution is 6.03. The van der Waals surface area contributed by atoms with Gasteiger partial charge in [0.25, 0.3) is 0 Å². The van der Waals surface area contributed by atoms with E-state index < -0.39 is 5.63 Å². The number of nitrogens with one attached hydrogen (secondary N) is 1. The van der Waals surface area contributed by atoms with Crippen LogP contribution in [-0.2, 0) is 0 Å². The highest BCUT2D eigenvalue weighted by Crippen LogP contribution is 2.33. The van der Waals surface area contributed by atoms with Gasteiger partial charge in [0, 0.05) is 39.7 Å². The molecule has 0 bridgehead atoms. The van der Waals surface area contributed by atoms with E-state index in [9.17, 15) is 9.18 Å². The minimum Gasteiger partial charge on any atom is -0.423 e. The van der Waals surface area contributed by atoms with Gasteiger partial charge < -0.3 is 9.40 Å². The molecule has 4 rings (SSSR count). The summed E-state index contributed by atoms with van der Waals surface area (Å²) in [5, 5.41) is 1.56. The van der Waals surface area contributed by atoms with E-state index in [-0.39, 0.29) is 5.82 Å². The molecule has 21 heavy (non-hydrogen) atoms. The second-order valence-corrected chi connectivity index (χ2v) is 4.87. The zero-order valence-corrected chi connectivity index (χ0v) is 10.9. The summed E-state index contributed by atoms with van der Waals surface area (Å²) in [6.45, 7) is 0. The van der Waals surface area contributed by atoms with E-state index in [1.54, 1.807) is 0 Å². The van der Waals surface area contributed by atoms with Gasteiger partial charge in [-0.15, -0.1) is 0 Å². The first-order valence-corrected chi connectivity index (χ1v) is 6.52. The molecule has 2 aromatic heterocycles. The minimum absolute atomic E-state index is 0.363. The molecule has 102 valence electrons. The number of H-pyrrole nitrogens is 1. The van der Waals surface area contributed by atoms with Crippen LogP contribution in [0.5, 0.6) is 0 Å². The van der Waals surface area contributed by atoms with Crippen molar-refractivity contribution in [1.29, 1.82) is 0 Å². The Morgan fingerprint density at radius 3 is 2.71 bits per heavy atom. The summed E-state index contributed by atoms with van der Waals surface area (Å²) in [5.74, 6) is -0.363. The third kappa shape index (κ3) is 1.84. The Bertz CT molecular complexity index is 1030. The van der Waals surface area contributed by atoms with E-state index in [1.165, 1.54) is 24.3 Å². The van der Waals surface area contributed by atoms with Crippen LogP contribution >= 0.6 is 0 Å². The Hall–Kier alpha value is -2.88. The number of para-hydroxylation sites is 1. The Balaban J connectivity index is 2.14. The minimum atomic E-state index is -0.450. The smallest absolute Gasteiger partial charge is 0.336 e. The monoisotopic (exact) mass is 279 g/mol. The normalized spacial score (nSPS) is 11.3. The van der Waals surface area contributed by atoms with Crippen LogP contribution in [0.25, 0.3) is 33.0 Å². The molecule has 0 saturated carbocycles. The quantitative estimate of drug-likeness (QED) is 0.534. The molecular weight excluding hydrogens is 269 g/mol. The van der Waals surface area contributed by atoms with Crippen LogP contribution in [0.2, 0.25) is 0 Å². The molecule has 2 heterocycles. The van der Waals surface area contributed by atoms with Crippen molar-refractivity contribution >= 4 is 21.9 Å². The summed E-state index contributed by atoms with van der Waals surface area (Å²) in [5.41, 5.74) is 2.41. The zero-order valence-electron chi connectivity index (χ0n) is 10.9. The van der Waals surface area contributed by atoms with Crippen LogP contribution in [0.15, 0.2) is 63.9 Å². The average Bonchev–Trinajstić information content (AvgIpc) is 2.91. The molecule has 0 aliphatic rings. The van der Waals surface area contributed by atoms with E-state index in [1.807, 2.05) is 30.5 Å². The predicted octanol–water partition coefficient (Wildman–Crippen LogP) is 4.08. The molecule has 4 heteroatoms. The van der Waals surface area contributed by atoms with Crippen LogP contribution in [-0.4, -0.2) is 4.98 Å². The molecule has 0 amide bonds. The zero-order chi connectivity index (χ0) is 14.4. The third-order valence-corrected chi connectivity index (χ3v) is 3.58. The second-order valence-electron chi connectivity index (χ2n) is 4.87. The van der Waals surface area contributed by atoms with Gasteiger partial charge in [0.2, 0.25) is 0 Å². The van der Waals surface area contributed by atoms with E-state index in [0.717, 1.165) is 16.5 Å². The van der Waals surface area contributed by atoms with Gasteiger partial charge in [0.05, 0.1) is 0 Å². The van der Waals surface area contributed by atoms with Crippen molar-refractivity contribution in [3.8, 4) is 11.1 Å². The predicted molar refractivity (Wildman–Crippen MR) is 79.7 cm³/mol. The fourth-order valence-corrected chi connectivity index (χ4v) is 2.65. The lowest BCUT2D eigenvalue weighted by atomic mass is 10.0. The maximum absolute atomic E-state index is 13.5. The van der Waals surface area contributed by atoms with Gasteiger partial charge in [-0.25, -0.2) is 9.18 Å². The fraction of sp³-hybridized carbons (Fsp3) is 0. The van der Waals surface area contributed by atoms with Crippen molar-refractivity contribution < 1.29 is 8.81 Å². The van der Waals surface area contributed by atoms with Gasteiger partial charge in [-0.3, -0.25) is 0 Å². The van der Waals surface area contributed by atoms with Gasteiger partial charge in [-0.1, -0.05) is 18.2 Å². The fourth-order valence-electron chi connectivity index (χ4n) is 2.65. The number of halogens is 1. The Morgan fingerprint density at radius 1 is 0.952 bits per heavy atom. The molecule has 0 spiro atoms. The van der Waals surface area contributed by atoms with Crippen LogP contribution in [0, 0.1) is 5.82 Å². The molecule has 3 nitrogen and oxygen atoms in total. The third-order valence-electron chi connectivity index (χ3n) is 3.58. The summed E-state index contributed by atoms with van der Waals surface area (Å²) >= 11 is 0. The number of benzene rings is 2. The van der Waals surface area contributed by atoms with Crippen molar-refractivity contribution in [3.05, 3.63) is 71.0 Å². The lowest BCUT2D eigenvalue weighted by Crippen LogP contribution is -1.98. The molecule has 0 unspecified atom stereocenters. The maximum atomic E-state index is 13.5. The Morgan fingerprint density at radius 2 is 1.81 bits per heavy atom. The van der Waals surface area contributed by atoms with Gasteiger partial charge in [0.1, 0.15) is 11.4 Å². The lowest BCUT2D eigenvalue weighted by molar-refractivity contribution is 0.559. The van der Waals surface area contributed by atoms with Gasteiger partial charge in [-0.05, 0) is 24.3 Å². The summed E-state index contributed by atoms with van der Waals surface area (Å²) in [7, 11) is 0. The van der Waals surface area contributed by atoms with Crippen LogP contribution < -0.4 is 5.63 Å². The molecule has 0 atom stereocenters. The largest absolute Gasteiger partial charge is 0.423 e. The maximum Gasteiger partial charge on any atom is 0.336 e. The van der Waals surface area contributed by atoms with Gasteiger partial charge in [-0.2, -0.15) is 0 Å². The standard InChI is InChI=1S/C17H10FNO2/c18-10-5-6-16-13(7-10)12(8-17(20)21-16)14-9-19-15-4-2-1-3-11(14)15/h1-9,19H. The molecule has 0 aliphatic heterocycles. The van der Waals surface area contributed by atoms with E-state index in [2.05, 4.69) is 4.98 Å². The second kappa shape index (κ2) is 4.31. The summed E-state index contributed by atoms with van der Waals surface area (Å²) < 4.78 is 18.7. The lowest BCUT2D eigenvalue weighted by Gasteiger charge is -2.04. The number of aromatic nitrogens is 1. The number of rotatable bonds is 1. The Kier molecular flexibility index (Phi) is 2.44. The van der Waals surface area contributed by atoms with E-state index in [0.29, 0.717) is 16.5 Å². The van der Waals surface area contributed by atoms with Crippen LogP contribution in [0.1, 0.15) is 0 Å². The Labute approximate surface area is 118 Å². The molecule has 0 saturated heterocycles. The molecule has 0 fully saturated rings. The highest BCUT2D eigenvalue weighted by Gasteiger charge is 2.12. The number of fused-ring (bicyclic) bond motifs is 2. The topological polar surface area (TPSA) is 46.0 Å². The van der Waals surface area contributed by atoms with Gasteiger partial charge >= 0.3 is 5.63 Å². The number of hydrogen-bond donors (Lipinski definition) is 1. The van der Waals surface area contributed by atoms with Crippen LogP contribution in [0.3, 0.4) is 0 Å². The van der Waals surface area contributed by atoms with E-state index in [4.69, 9.17) is 4.42 Å². The first-order chi connectivity index (χ1) is 10.2. The first-order valence-electron chi connectivity index (χ1n) is 6.52.